The summed E-state index contributed by atoms with van der Waals surface area (Å²) in [5.41, 5.74) is 0. The number of sulfonamides is 1. The Morgan fingerprint density at radius 3 is 2.75 bits per heavy atom. The summed E-state index contributed by atoms with van der Waals surface area (Å²) in [7, 11) is -0.590. The van der Waals surface area contributed by atoms with Crippen LogP contribution in [-0.2, 0) is 20.5 Å². The molecule has 1 saturated heterocycles. The second-order valence-electron chi connectivity index (χ2n) is 5.25. The van der Waals surface area contributed by atoms with Gasteiger partial charge in [0, 0.05) is 27.2 Å². The summed E-state index contributed by atoms with van der Waals surface area (Å²) in [6.45, 7) is 3.06. The molecule has 132 valence electrons. The minimum atomic E-state index is -3.54. The van der Waals surface area contributed by atoms with Crippen LogP contribution in [0.4, 0.5) is 5.13 Å². The zero-order chi connectivity index (χ0) is 17.2. The molecule has 8 nitrogen and oxygen atoms in total. The van der Waals surface area contributed by atoms with Crippen LogP contribution in [0.5, 0.6) is 0 Å². The Bertz CT molecular complexity index is 781. The van der Waals surface area contributed by atoms with E-state index >= 15 is 0 Å². The predicted octanol–water partition coefficient (Wildman–Crippen LogP) is 1.51. The van der Waals surface area contributed by atoms with Crippen LogP contribution in [0.1, 0.15) is 5.76 Å². The third-order valence-corrected chi connectivity index (χ3v) is 7.22. The molecule has 1 fully saturated rings. The highest BCUT2D eigenvalue weighted by atomic mass is 32.2. The third kappa shape index (κ3) is 3.91. The zero-order valence-corrected chi connectivity index (χ0v) is 15.8. The van der Waals surface area contributed by atoms with Gasteiger partial charge in [0.05, 0.1) is 19.0 Å². The van der Waals surface area contributed by atoms with E-state index in [2.05, 4.69) is 15.1 Å². The van der Waals surface area contributed by atoms with E-state index in [9.17, 15) is 8.42 Å². The summed E-state index contributed by atoms with van der Waals surface area (Å²) in [5, 5.41) is 9.21. The van der Waals surface area contributed by atoms with Gasteiger partial charge in [0.25, 0.3) is 10.0 Å². The summed E-state index contributed by atoms with van der Waals surface area (Å²) < 4.78 is 36.7. The Labute approximate surface area is 148 Å². The molecule has 0 aliphatic carbocycles. The van der Waals surface area contributed by atoms with Crippen LogP contribution in [0.2, 0.25) is 0 Å². The van der Waals surface area contributed by atoms with E-state index in [1.807, 2.05) is 0 Å². The average Bonchev–Trinajstić information content (AvgIpc) is 3.23. The van der Waals surface area contributed by atoms with Gasteiger partial charge in [-0.3, -0.25) is 0 Å². The van der Waals surface area contributed by atoms with Crippen molar-refractivity contribution in [2.45, 2.75) is 15.2 Å². The van der Waals surface area contributed by atoms with E-state index in [1.165, 1.54) is 43.3 Å². The summed E-state index contributed by atoms with van der Waals surface area (Å²) in [5.74, 6) is 1.09. The van der Waals surface area contributed by atoms with Crippen LogP contribution in [0, 0.1) is 0 Å². The number of hydrogen-bond acceptors (Lipinski definition) is 9. The van der Waals surface area contributed by atoms with E-state index < -0.39 is 10.0 Å². The molecule has 1 aliphatic rings. The molecule has 2 aromatic heterocycles. The largest absolute Gasteiger partial charge is 0.447 e. The van der Waals surface area contributed by atoms with Crippen LogP contribution >= 0.6 is 23.1 Å². The van der Waals surface area contributed by atoms with Gasteiger partial charge in [0.2, 0.25) is 10.2 Å². The molecule has 24 heavy (non-hydrogen) atoms. The van der Waals surface area contributed by atoms with E-state index in [0.29, 0.717) is 24.7 Å². The Hall–Kier alpha value is -1.14. The molecule has 0 N–H and O–H groups in total. The molecule has 11 heteroatoms. The first-order chi connectivity index (χ1) is 11.5. The molecule has 0 bridgehead atoms. The fourth-order valence-corrected chi connectivity index (χ4v) is 4.63. The molecule has 3 heterocycles. The van der Waals surface area contributed by atoms with Gasteiger partial charge in [-0.05, 0) is 12.1 Å². The van der Waals surface area contributed by atoms with Gasteiger partial charge in [0.15, 0.2) is 4.34 Å². The van der Waals surface area contributed by atoms with Crippen molar-refractivity contribution in [3.63, 3.8) is 0 Å². The summed E-state index contributed by atoms with van der Waals surface area (Å²) >= 11 is 2.99. The molecule has 0 aromatic carbocycles. The van der Waals surface area contributed by atoms with Gasteiger partial charge in [-0.25, -0.2) is 12.7 Å². The predicted molar refractivity (Wildman–Crippen MR) is 92.1 cm³/mol. The number of hydrogen-bond donors (Lipinski definition) is 0. The lowest BCUT2D eigenvalue weighted by Crippen LogP contribution is -2.36. The Balaban J connectivity index is 1.60. The molecule has 0 radical (unpaired) electrons. The maximum Gasteiger partial charge on any atom is 0.275 e. The maximum absolute atomic E-state index is 12.0. The number of thioether (sulfide) groups is 1. The Kier molecular flexibility index (Phi) is 5.45. The Morgan fingerprint density at radius 2 is 2.04 bits per heavy atom. The molecule has 0 spiro atoms. The van der Waals surface area contributed by atoms with Crippen molar-refractivity contribution in [3.8, 4) is 0 Å². The first-order valence-electron chi connectivity index (χ1n) is 7.27. The normalized spacial score (nSPS) is 16.0. The minimum Gasteiger partial charge on any atom is -0.447 e. The standard InChI is InChI=1S/C13H18N4O4S3/c1-16(2)24(18,19)11-4-3-10(21-11)9-22-13-15-14-12(23-13)17-5-7-20-8-6-17/h3-4H,5-9H2,1-2H3. The van der Waals surface area contributed by atoms with Crippen LogP contribution in [0.15, 0.2) is 26.0 Å². The average molecular weight is 391 g/mol. The lowest BCUT2D eigenvalue weighted by Gasteiger charge is -2.25. The fourth-order valence-electron chi connectivity index (χ4n) is 2.03. The number of morpholine rings is 1. The molecule has 0 unspecified atom stereocenters. The fraction of sp³-hybridized carbons (Fsp3) is 0.538. The maximum atomic E-state index is 12.0. The second-order valence-corrected chi connectivity index (χ2v) is 9.51. The van der Waals surface area contributed by atoms with Gasteiger partial charge < -0.3 is 14.1 Å². The van der Waals surface area contributed by atoms with Gasteiger partial charge in [-0.2, -0.15) is 0 Å². The second kappa shape index (κ2) is 7.40. The number of ether oxygens (including phenoxy) is 1. The van der Waals surface area contributed by atoms with Gasteiger partial charge in [-0.1, -0.05) is 23.1 Å². The topological polar surface area (TPSA) is 88.8 Å². The first kappa shape index (κ1) is 17.7. The highest BCUT2D eigenvalue weighted by Gasteiger charge is 2.22. The van der Waals surface area contributed by atoms with Crippen molar-refractivity contribution >= 4 is 38.3 Å². The van der Waals surface area contributed by atoms with Crippen LogP contribution in [-0.4, -0.2) is 63.3 Å². The third-order valence-electron chi connectivity index (χ3n) is 3.39. The molecule has 0 amide bonds. The van der Waals surface area contributed by atoms with Gasteiger partial charge >= 0.3 is 0 Å². The van der Waals surface area contributed by atoms with E-state index in [-0.39, 0.29) is 5.09 Å². The van der Waals surface area contributed by atoms with Crippen LogP contribution in [0.3, 0.4) is 0 Å². The van der Waals surface area contributed by atoms with Gasteiger partial charge in [0.1, 0.15) is 5.76 Å². The van der Waals surface area contributed by atoms with Crippen molar-refractivity contribution in [2.75, 3.05) is 45.3 Å². The lowest BCUT2D eigenvalue weighted by molar-refractivity contribution is 0.122. The first-order valence-corrected chi connectivity index (χ1v) is 10.5. The van der Waals surface area contributed by atoms with Crippen molar-refractivity contribution < 1.29 is 17.6 Å². The van der Waals surface area contributed by atoms with Crippen molar-refractivity contribution in [3.05, 3.63) is 17.9 Å². The molecule has 3 rings (SSSR count). The molecule has 0 atom stereocenters. The molecule has 0 saturated carbocycles. The molecular formula is C13H18N4O4S3. The summed E-state index contributed by atoms with van der Waals surface area (Å²) in [6.07, 6.45) is 0. The molecule has 1 aliphatic heterocycles. The smallest absolute Gasteiger partial charge is 0.275 e. The highest BCUT2D eigenvalue weighted by Crippen LogP contribution is 2.31. The number of anilines is 1. The van der Waals surface area contributed by atoms with E-state index in [1.54, 1.807) is 6.07 Å². The number of furan rings is 1. The molecular weight excluding hydrogens is 372 g/mol. The number of nitrogens with zero attached hydrogens (tertiary/aromatic N) is 4. The SMILES string of the molecule is CN(C)S(=O)(=O)c1ccc(CSc2nnc(N3CCOCC3)s2)o1. The molecule has 2 aromatic rings. The summed E-state index contributed by atoms with van der Waals surface area (Å²) in [6, 6.07) is 3.15. The monoisotopic (exact) mass is 390 g/mol. The van der Waals surface area contributed by atoms with E-state index in [4.69, 9.17) is 9.15 Å². The summed E-state index contributed by atoms with van der Waals surface area (Å²) in [4.78, 5) is 2.15. The Morgan fingerprint density at radius 1 is 1.29 bits per heavy atom. The quantitative estimate of drug-likeness (QED) is 0.686. The lowest BCUT2D eigenvalue weighted by atomic mass is 10.5. The van der Waals surface area contributed by atoms with E-state index in [0.717, 1.165) is 26.9 Å². The van der Waals surface area contributed by atoms with Crippen LogP contribution < -0.4 is 4.90 Å². The van der Waals surface area contributed by atoms with Crippen LogP contribution in [0.25, 0.3) is 0 Å². The van der Waals surface area contributed by atoms with Crippen molar-refractivity contribution in [2.24, 2.45) is 0 Å². The van der Waals surface area contributed by atoms with Gasteiger partial charge in [-0.15, -0.1) is 10.2 Å². The zero-order valence-electron chi connectivity index (χ0n) is 13.3. The highest BCUT2D eigenvalue weighted by molar-refractivity contribution is 8.00. The number of rotatable bonds is 6. The van der Waals surface area contributed by atoms with Crippen molar-refractivity contribution in [1.29, 1.82) is 0 Å². The number of aromatic nitrogens is 2. The minimum absolute atomic E-state index is 0.0469. The van der Waals surface area contributed by atoms with Crippen molar-refractivity contribution in [1.82, 2.24) is 14.5 Å².